The van der Waals surface area contributed by atoms with Crippen molar-refractivity contribution in [1.29, 1.82) is 0 Å². The Hall–Kier alpha value is -2.24. The Kier molecular flexibility index (Phi) is 8.21. The molecule has 4 rings (SSSR count). The monoisotopic (exact) mass is 542 g/mol. The standard InChI is InChI=1S/C25H26ClF3N2O4S/c26-15-4-6-21(34)19(11-15)22-18-10-14(25(27,28)29)3-5-20(18)30-24(35)23(22)36-13-17(33)2-1-8-31-9-7-16(32)12-31/h3-6,10-11,16-17,32-34H,1-2,7-9,12-13H2,(H,30,35). The first-order chi connectivity index (χ1) is 17.0. The molecule has 0 radical (unpaired) electrons. The number of alkyl halides is 3. The Bertz CT molecular complexity index is 1300. The molecule has 0 amide bonds. The lowest BCUT2D eigenvalue weighted by molar-refractivity contribution is -0.137. The number of aliphatic hydroxyl groups is 2. The number of aromatic nitrogens is 1. The number of aromatic hydroxyl groups is 1. The van der Waals surface area contributed by atoms with Crippen molar-refractivity contribution in [3.8, 4) is 16.9 Å². The first kappa shape index (κ1) is 26.8. The third-order valence-corrected chi connectivity index (χ3v) is 7.67. The number of thioether (sulfide) groups is 1. The molecular weight excluding hydrogens is 517 g/mol. The van der Waals surface area contributed by atoms with Crippen LogP contribution in [0.1, 0.15) is 24.8 Å². The van der Waals surface area contributed by atoms with Crippen LogP contribution in [0.4, 0.5) is 13.2 Å². The maximum absolute atomic E-state index is 13.5. The maximum atomic E-state index is 13.5. The highest BCUT2D eigenvalue weighted by atomic mass is 35.5. The molecule has 1 aliphatic rings. The zero-order chi connectivity index (χ0) is 26.0. The lowest BCUT2D eigenvalue weighted by Gasteiger charge is -2.18. The quantitative estimate of drug-likeness (QED) is 0.303. The Morgan fingerprint density at radius 3 is 2.69 bits per heavy atom. The minimum absolute atomic E-state index is 0.0844. The Morgan fingerprint density at radius 1 is 1.22 bits per heavy atom. The largest absolute Gasteiger partial charge is 0.507 e. The Labute approximate surface area is 214 Å². The highest BCUT2D eigenvalue weighted by Crippen LogP contribution is 2.42. The molecule has 1 fully saturated rings. The highest BCUT2D eigenvalue weighted by Gasteiger charge is 2.31. The van der Waals surface area contributed by atoms with Crippen LogP contribution in [0, 0.1) is 0 Å². The molecule has 2 aromatic carbocycles. The van der Waals surface area contributed by atoms with E-state index in [2.05, 4.69) is 9.88 Å². The van der Waals surface area contributed by atoms with Crippen molar-refractivity contribution in [2.24, 2.45) is 0 Å². The number of pyridine rings is 1. The number of benzene rings is 2. The predicted octanol–water partition coefficient (Wildman–Crippen LogP) is 4.87. The number of halogens is 4. The second kappa shape index (κ2) is 11.0. The molecule has 0 spiro atoms. The fourth-order valence-electron chi connectivity index (χ4n) is 4.39. The van der Waals surface area contributed by atoms with Gasteiger partial charge in [-0.15, -0.1) is 11.8 Å². The van der Waals surface area contributed by atoms with E-state index in [-0.39, 0.29) is 49.6 Å². The lowest BCUT2D eigenvalue weighted by atomic mass is 9.98. The summed E-state index contributed by atoms with van der Waals surface area (Å²) < 4.78 is 40.4. The van der Waals surface area contributed by atoms with Gasteiger partial charge in [0.2, 0.25) is 0 Å². The van der Waals surface area contributed by atoms with E-state index in [9.17, 15) is 33.3 Å². The van der Waals surface area contributed by atoms with Gasteiger partial charge in [-0.2, -0.15) is 13.2 Å². The van der Waals surface area contributed by atoms with E-state index < -0.39 is 23.4 Å². The zero-order valence-corrected chi connectivity index (χ0v) is 20.8. The SMILES string of the molecule is O=c1[nH]c2ccc(C(F)(F)F)cc2c(-c2cc(Cl)ccc2O)c1SCC(O)CCCN1CCC(O)C1. The second-order valence-corrected chi connectivity index (χ2v) is 10.4. The minimum Gasteiger partial charge on any atom is -0.507 e. The first-order valence-electron chi connectivity index (χ1n) is 11.5. The van der Waals surface area contributed by atoms with E-state index in [4.69, 9.17) is 11.6 Å². The van der Waals surface area contributed by atoms with Gasteiger partial charge in [0.15, 0.2) is 0 Å². The molecule has 1 saturated heterocycles. The fraction of sp³-hybridized carbons (Fsp3) is 0.400. The van der Waals surface area contributed by atoms with E-state index in [1.165, 1.54) is 24.3 Å². The lowest BCUT2D eigenvalue weighted by Crippen LogP contribution is -2.24. The summed E-state index contributed by atoms with van der Waals surface area (Å²) in [5.74, 6) is -0.108. The van der Waals surface area contributed by atoms with E-state index in [1.807, 2.05) is 0 Å². The number of nitrogens with zero attached hydrogens (tertiary/aromatic N) is 1. The van der Waals surface area contributed by atoms with Gasteiger partial charge in [-0.3, -0.25) is 4.79 Å². The molecular formula is C25H26ClF3N2O4S. The van der Waals surface area contributed by atoms with Gasteiger partial charge in [-0.25, -0.2) is 0 Å². The van der Waals surface area contributed by atoms with Crippen molar-refractivity contribution in [2.45, 2.75) is 42.5 Å². The molecule has 3 aromatic rings. The summed E-state index contributed by atoms with van der Waals surface area (Å²) in [5.41, 5.74) is -1.00. The average Bonchev–Trinajstić information content (AvgIpc) is 3.23. The molecule has 4 N–H and O–H groups in total. The van der Waals surface area contributed by atoms with Crippen molar-refractivity contribution in [3.05, 3.63) is 57.3 Å². The van der Waals surface area contributed by atoms with E-state index in [0.717, 1.165) is 43.4 Å². The first-order valence-corrected chi connectivity index (χ1v) is 12.9. The van der Waals surface area contributed by atoms with Gasteiger partial charge in [0.1, 0.15) is 5.75 Å². The van der Waals surface area contributed by atoms with Crippen LogP contribution in [-0.4, -0.2) is 62.8 Å². The van der Waals surface area contributed by atoms with Gasteiger partial charge >= 0.3 is 6.18 Å². The van der Waals surface area contributed by atoms with Crippen molar-refractivity contribution < 1.29 is 28.5 Å². The molecule has 11 heteroatoms. The molecule has 2 atom stereocenters. The minimum atomic E-state index is -4.60. The Balaban J connectivity index is 1.65. The maximum Gasteiger partial charge on any atom is 0.416 e. The van der Waals surface area contributed by atoms with Gasteiger partial charge in [-0.05, 0) is 62.2 Å². The predicted molar refractivity (Wildman–Crippen MR) is 135 cm³/mol. The highest BCUT2D eigenvalue weighted by molar-refractivity contribution is 7.99. The summed E-state index contributed by atoms with van der Waals surface area (Å²) in [6.45, 7) is 2.16. The molecule has 0 bridgehead atoms. The summed E-state index contributed by atoms with van der Waals surface area (Å²) in [7, 11) is 0. The fourth-order valence-corrected chi connectivity index (χ4v) is 5.64. The van der Waals surface area contributed by atoms with Gasteiger partial charge in [-0.1, -0.05) is 11.6 Å². The molecule has 2 heterocycles. The van der Waals surface area contributed by atoms with E-state index in [1.54, 1.807) is 0 Å². The summed E-state index contributed by atoms with van der Waals surface area (Å²) >= 11 is 7.14. The number of rotatable bonds is 8. The molecule has 1 aromatic heterocycles. The summed E-state index contributed by atoms with van der Waals surface area (Å²) in [5, 5.41) is 31.0. The number of phenols is 1. The zero-order valence-electron chi connectivity index (χ0n) is 19.2. The van der Waals surface area contributed by atoms with Crippen molar-refractivity contribution in [1.82, 2.24) is 9.88 Å². The summed E-state index contributed by atoms with van der Waals surface area (Å²) in [6, 6.07) is 7.16. The Morgan fingerprint density at radius 2 is 2.00 bits per heavy atom. The van der Waals surface area contributed by atoms with Crippen LogP contribution in [0.2, 0.25) is 5.02 Å². The van der Waals surface area contributed by atoms with Crippen LogP contribution in [0.5, 0.6) is 5.75 Å². The number of H-pyrrole nitrogens is 1. The molecule has 1 aliphatic heterocycles. The summed E-state index contributed by atoms with van der Waals surface area (Å²) in [6.07, 6.45) is -3.80. The van der Waals surface area contributed by atoms with Gasteiger partial charge in [0.05, 0.1) is 22.7 Å². The third kappa shape index (κ3) is 6.18. The number of aliphatic hydroxyl groups excluding tert-OH is 2. The normalized spacial score (nSPS) is 17.7. The van der Waals surface area contributed by atoms with E-state index in [0.29, 0.717) is 19.4 Å². The van der Waals surface area contributed by atoms with Crippen LogP contribution in [0.15, 0.2) is 46.1 Å². The summed E-state index contributed by atoms with van der Waals surface area (Å²) in [4.78, 5) is 17.8. The smallest absolute Gasteiger partial charge is 0.416 e. The van der Waals surface area contributed by atoms with Crippen molar-refractivity contribution in [3.63, 3.8) is 0 Å². The number of nitrogens with one attached hydrogen (secondary N) is 1. The number of phenolic OH excluding ortho intramolecular Hbond substituents is 1. The van der Waals surface area contributed by atoms with Crippen LogP contribution in [0.3, 0.4) is 0 Å². The van der Waals surface area contributed by atoms with Crippen LogP contribution >= 0.6 is 23.4 Å². The molecule has 0 aliphatic carbocycles. The van der Waals surface area contributed by atoms with Crippen LogP contribution < -0.4 is 5.56 Å². The number of fused-ring (bicyclic) bond motifs is 1. The number of hydrogen-bond acceptors (Lipinski definition) is 6. The topological polar surface area (TPSA) is 96.8 Å². The number of likely N-dealkylation sites (tertiary alicyclic amines) is 1. The number of aromatic amines is 1. The third-order valence-electron chi connectivity index (χ3n) is 6.20. The molecule has 36 heavy (non-hydrogen) atoms. The molecule has 194 valence electrons. The second-order valence-electron chi connectivity index (χ2n) is 8.93. The van der Waals surface area contributed by atoms with Gasteiger partial charge in [0, 0.05) is 45.9 Å². The van der Waals surface area contributed by atoms with Crippen molar-refractivity contribution >= 4 is 34.3 Å². The molecule has 2 unspecified atom stereocenters. The average molecular weight is 543 g/mol. The van der Waals surface area contributed by atoms with Crippen LogP contribution in [0.25, 0.3) is 22.0 Å². The molecule has 6 nitrogen and oxygen atoms in total. The van der Waals surface area contributed by atoms with Gasteiger partial charge in [0.25, 0.3) is 5.56 Å². The number of β-amino-alcohol motifs (C(OH)–C–C–N with tert-alkyl or cyclic N) is 1. The molecule has 0 saturated carbocycles. The van der Waals surface area contributed by atoms with Crippen LogP contribution in [-0.2, 0) is 6.18 Å². The van der Waals surface area contributed by atoms with Crippen molar-refractivity contribution in [2.75, 3.05) is 25.4 Å². The van der Waals surface area contributed by atoms with E-state index >= 15 is 0 Å². The number of hydrogen-bond donors (Lipinski definition) is 4. The van der Waals surface area contributed by atoms with Gasteiger partial charge < -0.3 is 25.2 Å².